The van der Waals surface area contributed by atoms with Gasteiger partial charge in [-0.25, -0.2) is 14.6 Å². The van der Waals surface area contributed by atoms with Gasteiger partial charge in [-0.3, -0.25) is 0 Å². The molecule has 0 aliphatic carbocycles. The molecule has 0 saturated carbocycles. The molecule has 1 unspecified atom stereocenters. The molecule has 0 radical (unpaired) electrons. The van der Waals surface area contributed by atoms with Crippen molar-refractivity contribution in [1.29, 1.82) is 0 Å². The zero-order valence-electron chi connectivity index (χ0n) is 10.0. The van der Waals surface area contributed by atoms with Crippen molar-refractivity contribution >= 4 is 28.0 Å². The lowest BCUT2D eigenvalue weighted by Crippen LogP contribution is -2.42. The van der Waals surface area contributed by atoms with Crippen LogP contribution in [0.15, 0.2) is 35.6 Å². The molecule has 2 N–H and O–H groups in total. The standard InChI is InChI=1S/C12H13BrN2O4/c1-2-5-19-12(18)15-9(11(16)17)6-8-3-4-14-10(13)7-8/h2-4,7,9H,1,5-6H2,(H,15,18)(H,16,17). The molecule has 0 aliphatic rings. The number of nitrogens with zero attached hydrogens (tertiary/aromatic N) is 1. The summed E-state index contributed by atoms with van der Waals surface area (Å²) in [5.41, 5.74) is 0.735. The summed E-state index contributed by atoms with van der Waals surface area (Å²) < 4.78 is 5.28. The minimum atomic E-state index is -1.14. The van der Waals surface area contributed by atoms with Crippen molar-refractivity contribution in [3.63, 3.8) is 0 Å². The van der Waals surface area contributed by atoms with Crippen molar-refractivity contribution < 1.29 is 19.4 Å². The van der Waals surface area contributed by atoms with Crippen LogP contribution in [0.2, 0.25) is 0 Å². The molecule has 102 valence electrons. The number of nitrogens with one attached hydrogen (secondary N) is 1. The number of pyridine rings is 1. The number of halogens is 1. The highest BCUT2D eigenvalue weighted by Crippen LogP contribution is 2.10. The molecule has 1 rings (SSSR count). The lowest BCUT2D eigenvalue weighted by atomic mass is 10.1. The van der Waals surface area contributed by atoms with Crippen LogP contribution >= 0.6 is 15.9 Å². The number of carbonyl (C=O) groups is 2. The maximum absolute atomic E-state index is 11.3. The largest absolute Gasteiger partial charge is 0.480 e. The minimum Gasteiger partial charge on any atom is -0.480 e. The number of carboxylic acids is 1. The highest BCUT2D eigenvalue weighted by atomic mass is 79.9. The average Bonchev–Trinajstić information content (AvgIpc) is 2.35. The van der Waals surface area contributed by atoms with Crippen LogP contribution in [-0.2, 0) is 16.0 Å². The fraction of sp³-hybridized carbons (Fsp3) is 0.250. The van der Waals surface area contributed by atoms with Crippen LogP contribution < -0.4 is 5.32 Å². The van der Waals surface area contributed by atoms with Gasteiger partial charge < -0.3 is 15.2 Å². The summed E-state index contributed by atoms with van der Waals surface area (Å²) >= 11 is 3.19. The van der Waals surface area contributed by atoms with Gasteiger partial charge in [0.15, 0.2) is 0 Å². The van der Waals surface area contributed by atoms with E-state index in [0.29, 0.717) is 4.60 Å². The van der Waals surface area contributed by atoms with Crippen molar-refractivity contribution in [3.05, 3.63) is 41.2 Å². The molecule has 1 aromatic rings. The van der Waals surface area contributed by atoms with Gasteiger partial charge in [0.05, 0.1) is 0 Å². The fourth-order valence-electron chi connectivity index (χ4n) is 1.32. The number of aromatic nitrogens is 1. The van der Waals surface area contributed by atoms with Crippen LogP contribution in [0.5, 0.6) is 0 Å². The van der Waals surface area contributed by atoms with Crippen LogP contribution in [0.1, 0.15) is 5.56 Å². The molecular formula is C12H13BrN2O4. The van der Waals surface area contributed by atoms with E-state index in [0.717, 1.165) is 5.56 Å². The van der Waals surface area contributed by atoms with E-state index in [1.807, 2.05) is 0 Å². The Morgan fingerprint density at radius 2 is 2.37 bits per heavy atom. The molecule has 19 heavy (non-hydrogen) atoms. The highest BCUT2D eigenvalue weighted by Gasteiger charge is 2.21. The summed E-state index contributed by atoms with van der Waals surface area (Å²) in [5, 5.41) is 11.3. The predicted molar refractivity (Wildman–Crippen MR) is 71.7 cm³/mol. The molecule has 1 atom stereocenters. The number of ether oxygens (including phenoxy) is 1. The number of hydrogen-bond acceptors (Lipinski definition) is 4. The van der Waals surface area contributed by atoms with E-state index in [2.05, 4.69) is 37.5 Å². The molecular weight excluding hydrogens is 316 g/mol. The number of carbonyl (C=O) groups excluding carboxylic acids is 1. The first-order valence-electron chi connectivity index (χ1n) is 5.40. The zero-order chi connectivity index (χ0) is 14.3. The average molecular weight is 329 g/mol. The van der Waals surface area contributed by atoms with Crippen LogP contribution in [-0.4, -0.2) is 34.8 Å². The number of aliphatic carboxylic acids is 1. The van der Waals surface area contributed by atoms with Crippen molar-refractivity contribution in [1.82, 2.24) is 10.3 Å². The topological polar surface area (TPSA) is 88.5 Å². The van der Waals surface area contributed by atoms with Crippen molar-refractivity contribution in [2.75, 3.05) is 6.61 Å². The van der Waals surface area contributed by atoms with Gasteiger partial charge in [-0.05, 0) is 33.6 Å². The Balaban J connectivity index is 2.65. The van der Waals surface area contributed by atoms with Gasteiger partial charge in [-0.15, -0.1) is 0 Å². The second kappa shape index (κ2) is 7.52. The lowest BCUT2D eigenvalue weighted by Gasteiger charge is -2.14. The minimum absolute atomic E-state index is 0.0268. The van der Waals surface area contributed by atoms with Crippen LogP contribution in [0.25, 0.3) is 0 Å². The summed E-state index contributed by atoms with van der Waals surface area (Å²) in [4.78, 5) is 26.3. The van der Waals surface area contributed by atoms with E-state index in [1.165, 1.54) is 6.08 Å². The van der Waals surface area contributed by atoms with Gasteiger partial charge in [0.1, 0.15) is 17.3 Å². The molecule has 7 heteroatoms. The Morgan fingerprint density at radius 3 is 2.95 bits per heavy atom. The first-order valence-corrected chi connectivity index (χ1v) is 6.19. The molecule has 1 aromatic heterocycles. The first-order chi connectivity index (χ1) is 9.02. The summed E-state index contributed by atoms with van der Waals surface area (Å²) in [5.74, 6) is -1.14. The van der Waals surface area contributed by atoms with Crippen LogP contribution in [0.4, 0.5) is 4.79 Å². The number of rotatable bonds is 6. The van der Waals surface area contributed by atoms with E-state index < -0.39 is 18.1 Å². The Labute approximate surface area is 118 Å². The van der Waals surface area contributed by atoms with E-state index in [1.54, 1.807) is 18.3 Å². The van der Waals surface area contributed by atoms with E-state index in [9.17, 15) is 9.59 Å². The SMILES string of the molecule is C=CCOC(=O)NC(Cc1ccnc(Br)c1)C(=O)O. The molecule has 0 fully saturated rings. The third-order valence-electron chi connectivity index (χ3n) is 2.15. The molecule has 0 bridgehead atoms. The molecule has 0 saturated heterocycles. The van der Waals surface area contributed by atoms with Gasteiger partial charge in [-0.1, -0.05) is 12.7 Å². The Bertz CT molecular complexity index is 479. The van der Waals surface area contributed by atoms with Gasteiger partial charge in [0.2, 0.25) is 0 Å². The molecule has 0 aliphatic heterocycles. The Hall–Kier alpha value is -1.89. The van der Waals surface area contributed by atoms with Crippen LogP contribution in [0, 0.1) is 0 Å². The Morgan fingerprint density at radius 1 is 1.63 bits per heavy atom. The highest BCUT2D eigenvalue weighted by molar-refractivity contribution is 9.10. The van der Waals surface area contributed by atoms with Crippen molar-refractivity contribution in [2.24, 2.45) is 0 Å². The summed E-state index contributed by atoms with van der Waals surface area (Å²) in [6, 6.07) is 2.30. The van der Waals surface area contributed by atoms with Gasteiger partial charge in [-0.2, -0.15) is 0 Å². The smallest absolute Gasteiger partial charge is 0.408 e. The van der Waals surface area contributed by atoms with E-state index in [-0.39, 0.29) is 13.0 Å². The maximum atomic E-state index is 11.3. The molecule has 0 aromatic carbocycles. The maximum Gasteiger partial charge on any atom is 0.408 e. The molecule has 6 nitrogen and oxygen atoms in total. The van der Waals surface area contributed by atoms with Gasteiger partial charge in [0, 0.05) is 12.6 Å². The number of carboxylic acid groups (broad SMARTS) is 1. The molecule has 0 spiro atoms. The third kappa shape index (κ3) is 5.52. The second-order valence-electron chi connectivity index (χ2n) is 3.61. The summed E-state index contributed by atoms with van der Waals surface area (Å²) in [7, 11) is 0. The third-order valence-corrected chi connectivity index (χ3v) is 2.59. The molecule has 1 heterocycles. The second-order valence-corrected chi connectivity index (χ2v) is 4.43. The first kappa shape index (κ1) is 15.2. The quantitative estimate of drug-likeness (QED) is 0.613. The van der Waals surface area contributed by atoms with Crippen molar-refractivity contribution in [3.8, 4) is 0 Å². The van der Waals surface area contributed by atoms with Gasteiger partial charge >= 0.3 is 12.1 Å². The fourth-order valence-corrected chi connectivity index (χ4v) is 1.74. The van der Waals surface area contributed by atoms with E-state index >= 15 is 0 Å². The predicted octanol–water partition coefficient (Wildman–Crippen LogP) is 1.75. The lowest BCUT2D eigenvalue weighted by molar-refractivity contribution is -0.139. The zero-order valence-corrected chi connectivity index (χ0v) is 11.6. The van der Waals surface area contributed by atoms with Gasteiger partial charge in [0.25, 0.3) is 0 Å². The molecule has 1 amide bonds. The van der Waals surface area contributed by atoms with E-state index in [4.69, 9.17) is 5.11 Å². The Kier molecular flexibility index (Phi) is 6.01. The number of hydrogen-bond donors (Lipinski definition) is 2. The summed E-state index contributed by atoms with van der Waals surface area (Å²) in [6.07, 6.45) is 2.30. The number of alkyl carbamates (subject to hydrolysis) is 1. The normalized spacial score (nSPS) is 11.4. The monoisotopic (exact) mass is 328 g/mol. The number of amides is 1. The summed E-state index contributed by atoms with van der Waals surface area (Å²) in [6.45, 7) is 3.42. The van der Waals surface area contributed by atoms with Crippen LogP contribution in [0.3, 0.4) is 0 Å². The van der Waals surface area contributed by atoms with Crippen molar-refractivity contribution in [2.45, 2.75) is 12.5 Å².